The van der Waals surface area contributed by atoms with Gasteiger partial charge in [0.05, 0.1) is 17.9 Å². The standard InChI is InChI=1S/C24H30ClN5O/c1-16(2)14-30-24(25)21(17(3)28-30)11-12-23(31)26-13-22-18(4)27-29(19(22)5)15-20-9-7-6-8-10-20/h6-12,16H,13-15H2,1-5H3,(H,26,31)/b12-11+. The number of nitrogens with one attached hydrogen (secondary N) is 1. The third-order valence-corrected chi connectivity index (χ3v) is 5.59. The van der Waals surface area contributed by atoms with Crippen LogP contribution in [0, 0.1) is 26.7 Å². The molecule has 0 fully saturated rings. The van der Waals surface area contributed by atoms with Crippen molar-refractivity contribution in [1.82, 2.24) is 24.9 Å². The van der Waals surface area contributed by atoms with Gasteiger partial charge in [0.25, 0.3) is 0 Å². The van der Waals surface area contributed by atoms with Crippen LogP contribution in [0.4, 0.5) is 0 Å². The molecule has 0 aliphatic carbocycles. The van der Waals surface area contributed by atoms with Gasteiger partial charge in [-0.2, -0.15) is 10.2 Å². The molecule has 2 aromatic heterocycles. The second-order valence-electron chi connectivity index (χ2n) is 8.21. The molecular weight excluding hydrogens is 410 g/mol. The maximum Gasteiger partial charge on any atom is 0.244 e. The molecule has 0 saturated carbocycles. The molecule has 6 nitrogen and oxygen atoms in total. The van der Waals surface area contributed by atoms with Crippen LogP contribution in [0.25, 0.3) is 6.08 Å². The maximum absolute atomic E-state index is 12.4. The number of halogens is 1. The molecule has 1 N–H and O–H groups in total. The number of nitrogens with zero attached hydrogens (tertiary/aromatic N) is 4. The van der Waals surface area contributed by atoms with E-state index >= 15 is 0 Å². The van der Waals surface area contributed by atoms with Crippen molar-refractivity contribution in [1.29, 1.82) is 0 Å². The van der Waals surface area contributed by atoms with Crippen molar-refractivity contribution in [2.45, 2.75) is 54.3 Å². The molecule has 0 atom stereocenters. The summed E-state index contributed by atoms with van der Waals surface area (Å²) in [6, 6.07) is 10.2. The Balaban J connectivity index is 1.64. The maximum atomic E-state index is 12.4. The van der Waals surface area contributed by atoms with E-state index in [0.29, 0.717) is 24.2 Å². The Labute approximate surface area is 188 Å². The minimum absolute atomic E-state index is 0.179. The average molecular weight is 440 g/mol. The first-order chi connectivity index (χ1) is 14.8. The van der Waals surface area contributed by atoms with Gasteiger partial charge in [-0.25, -0.2) is 0 Å². The zero-order chi connectivity index (χ0) is 22.5. The van der Waals surface area contributed by atoms with Crippen molar-refractivity contribution < 1.29 is 4.79 Å². The minimum atomic E-state index is -0.179. The van der Waals surface area contributed by atoms with E-state index < -0.39 is 0 Å². The summed E-state index contributed by atoms with van der Waals surface area (Å²) in [6.45, 7) is 12.0. The Morgan fingerprint density at radius 2 is 1.77 bits per heavy atom. The number of rotatable bonds is 8. The summed E-state index contributed by atoms with van der Waals surface area (Å²) in [4.78, 5) is 12.4. The largest absolute Gasteiger partial charge is 0.348 e. The van der Waals surface area contributed by atoms with Crippen LogP contribution in [-0.2, 0) is 24.4 Å². The molecule has 7 heteroatoms. The molecule has 0 aliphatic heterocycles. The Kier molecular flexibility index (Phi) is 7.33. The Bertz CT molecular complexity index is 1080. The fraction of sp³-hybridized carbons (Fsp3) is 0.375. The second kappa shape index (κ2) is 9.96. The highest BCUT2D eigenvalue weighted by Gasteiger charge is 2.14. The molecule has 0 bridgehead atoms. The van der Waals surface area contributed by atoms with Crippen LogP contribution in [0.5, 0.6) is 0 Å². The van der Waals surface area contributed by atoms with Gasteiger partial charge in [-0.1, -0.05) is 55.8 Å². The number of amides is 1. The van der Waals surface area contributed by atoms with Crippen molar-refractivity contribution >= 4 is 23.6 Å². The van der Waals surface area contributed by atoms with Crippen LogP contribution >= 0.6 is 11.6 Å². The highest BCUT2D eigenvalue weighted by atomic mass is 35.5. The molecule has 3 rings (SSSR count). The lowest BCUT2D eigenvalue weighted by Gasteiger charge is -2.06. The topological polar surface area (TPSA) is 64.7 Å². The van der Waals surface area contributed by atoms with Crippen LogP contribution in [0.1, 0.15) is 47.6 Å². The van der Waals surface area contributed by atoms with E-state index in [-0.39, 0.29) is 5.91 Å². The predicted molar refractivity (Wildman–Crippen MR) is 125 cm³/mol. The number of aromatic nitrogens is 4. The first-order valence-corrected chi connectivity index (χ1v) is 10.9. The normalized spacial score (nSPS) is 11.6. The van der Waals surface area contributed by atoms with Crippen molar-refractivity contribution in [2.75, 3.05) is 0 Å². The van der Waals surface area contributed by atoms with Crippen molar-refractivity contribution in [3.05, 3.63) is 75.3 Å². The second-order valence-corrected chi connectivity index (χ2v) is 8.57. The Hall–Kier alpha value is -2.86. The average Bonchev–Trinajstić information content (AvgIpc) is 3.13. The molecule has 3 aromatic rings. The fourth-order valence-electron chi connectivity index (χ4n) is 3.52. The number of hydrogen-bond acceptors (Lipinski definition) is 3. The van der Waals surface area contributed by atoms with E-state index in [2.05, 4.69) is 41.5 Å². The van der Waals surface area contributed by atoms with E-state index in [1.54, 1.807) is 10.8 Å². The highest BCUT2D eigenvalue weighted by Crippen LogP contribution is 2.22. The first kappa shape index (κ1) is 22.8. The molecular formula is C24H30ClN5O. The lowest BCUT2D eigenvalue weighted by Crippen LogP contribution is -2.21. The summed E-state index contributed by atoms with van der Waals surface area (Å²) in [5.74, 6) is 0.257. The summed E-state index contributed by atoms with van der Waals surface area (Å²) >= 11 is 6.45. The monoisotopic (exact) mass is 439 g/mol. The summed E-state index contributed by atoms with van der Waals surface area (Å²) in [5, 5.41) is 12.6. The predicted octanol–water partition coefficient (Wildman–Crippen LogP) is 4.69. The Morgan fingerprint density at radius 1 is 1.10 bits per heavy atom. The fourth-order valence-corrected chi connectivity index (χ4v) is 3.82. The number of carbonyl (C=O) groups excluding carboxylic acids is 1. The quantitative estimate of drug-likeness (QED) is 0.518. The number of benzene rings is 1. The smallest absolute Gasteiger partial charge is 0.244 e. The van der Waals surface area contributed by atoms with Gasteiger partial charge in [0.2, 0.25) is 5.91 Å². The number of aryl methyl sites for hydroxylation is 2. The van der Waals surface area contributed by atoms with Gasteiger partial charge in [0.15, 0.2) is 0 Å². The third kappa shape index (κ3) is 5.64. The van der Waals surface area contributed by atoms with Crippen LogP contribution in [-0.4, -0.2) is 25.5 Å². The highest BCUT2D eigenvalue weighted by molar-refractivity contribution is 6.31. The van der Waals surface area contributed by atoms with Crippen LogP contribution < -0.4 is 5.32 Å². The van der Waals surface area contributed by atoms with Crippen LogP contribution in [0.15, 0.2) is 36.4 Å². The lowest BCUT2D eigenvalue weighted by atomic mass is 10.2. The molecule has 0 unspecified atom stereocenters. The molecule has 1 aromatic carbocycles. The van der Waals surface area contributed by atoms with Crippen LogP contribution in [0.2, 0.25) is 5.15 Å². The molecule has 0 aliphatic rings. The van der Waals surface area contributed by atoms with E-state index in [9.17, 15) is 4.79 Å². The molecule has 1 amide bonds. The van der Waals surface area contributed by atoms with Gasteiger partial charge in [-0.15, -0.1) is 0 Å². The van der Waals surface area contributed by atoms with Gasteiger partial charge >= 0.3 is 0 Å². The molecule has 0 saturated heterocycles. The SMILES string of the molecule is Cc1nn(CC(C)C)c(Cl)c1/C=C/C(=O)NCc1c(C)nn(Cc2ccccc2)c1C. The molecule has 31 heavy (non-hydrogen) atoms. The summed E-state index contributed by atoms with van der Waals surface area (Å²) in [7, 11) is 0. The first-order valence-electron chi connectivity index (χ1n) is 10.5. The van der Waals surface area contributed by atoms with Crippen molar-refractivity contribution in [3.8, 4) is 0 Å². The summed E-state index contributed by atoms with van der Waals surface area (Å²) in [5.41, 5.74) is 5.80. The van der Waals surface area contributed by atoms with Crippen molar-refractivity contribution in [2.24, 2.45) is 5.92 Å². The molecule has 0 radical (unpaired) electrons. The van der Waals surface area contributed by atoms with Crippen LogP contribution in [0.3, 0.4) is 0 Å². The van der Waals surface area contributed by atoms with Gasteiger partial charge in [-0.3, -0.25) is 14.2 Å². The third-order valence-electron chi connectivity index (χ3n) is 5.19. The van der Waals surface area contributed by atoms with E-state index in [1.807, 2.05) is 43.7 Å². The minimum Gasteiger partial charge on any atom is -0.348 e. The van der Waals surface area contributed by atoms with Crippen molar-refractivity contribution in [3.63, 3.8) is 0 Å². The molecule has 0 spiro atoms. The van der Waals surface area contributed by atoms with Gasteiger partial charge < -0.3 is 5.32 Å². The Morgan fingerprint density at radius 3 is 2.45 bits per heavy atom. The summed E-state index contributed by atoms with van der Waals surface area (Å²) < 4.78 is 3.77. The van der Waals surface area contributed by atoms with Gasteiger partial charge in [0.1, 0.15) is 5.15 Å². The van der Waals surface area contributed by atoms with Gasteiger partial charge in [-0.05, 0) is 38.3 Å². The van der Waals surface area contributed by atoms with E-state index in [4.69, 9.17) is 11.6 Å². The zero-order valence-corrected chi connectivity index (χ0v) is 19.6. The zero-order valence-electron chi connectivity index (χ0n) is 18.8. The summed E-state index contributed by atoms with van der Waals surface area (Å²) in [6.07, 6.45) is 3.24. The molecule has 164 valence electrons. The molecule has 2 heterocycles. The van der Waals surface area contributed by atoms with E-state index in [0.717, 1.165) is 34.8 Å². The number of hydrogen-bond donors (Lipinski definition) is 1. The lowest BCUT2D eigenvalue weighted by molar-refractivity contribution is -0.116. The number of carbonyl (C=O) groups is 1. The van der Waals surface area contributed by atoms with Gasteiger partial charge in [0, 0.05) is 36.0 Å². The van der Waals surface area contributed by atoms with E-state index in [1.165, 1.54) is 11.6 Å².